The number of rotatable bonds is 5. The van der Waals surface area contributed by atoms with Gasteiger partial charge in [-0.15, -0.1) is 0 Å². The van der Waals surface area contributed by atoms with Crippen LogP contribution in [0.2, 0.25) is 0 Å². The van der Waals surface area contributed by atoms with E-state index >= 15 is 0 Å². The molecule has 1 amide bonds. The van der Waals surface area contributed by atoms with E-state index in [0.717, 1.165) is 30.8 Å². The SMILES string of the molecule is COc1ccc([C@@H]2CCCN2CC(=O)Nc2ccccc2)cc1. The number of nitrogens with one attached hydrogen (secondary N) is 1. The largest absolute Gasteiger partial charge is 0.497 e. The molecule has 0 bridgehead atoms. The maximum atomic E-state index is 12.3. The molecule has 0 spiro atoms. The van der Waals surface area contributed by atoms with Gasteiger partial charge in [-0.3, -0.25) is 9.69 Å². The summed E-state index contributed by atoms with van der Waals surface area (Å²) < 4.78 is 5.21. The first-order valence-electron chi connectivity index (χ1n) is 7.99. The molecule has 4 heteroatoms. The van der Waals surface area contributed by atoms with Gasteiger partial charge in [0.15, 0.2) is 0 Å². The highest BCUT2D eigenvalue weighted by Gasteiger charge is 2.27. The second-order valence-electron chi connectivity index (χ2n) is 5.82. The Balaban J connectivity index is 1.63. The Morgan fingerprint density at radius 2 is 1.91 bits per heavy atom. The van der Waals surface area contributed by atoms with Gasteiger partial charge in [-0.25, -0.2) is 0 Å². The van der Waals surface area contributed by atoms with Crippen molar-refractivity contribution in [1.82, 2.24) is 4.90 Å². The summed E-state index contributed by atoms with van der Waals surface area (Å²) in [5.74, 6) is 0.900. The average Bonchev–Trinajstić information content (AvgIpc) is 3.03. The van der Waals surface area contributed by atoms with Crippen molar-refractivity contribution >= 4 is 11.6 Å². The van der Waals surface area contributed by atoms with E-state index in [1.807, 2.05) is 42.5 Å². The quantitative estimate of drug-likeness (QED) is 0.919. The summed E-state index contributed by atoms with van der Waals surface area (Å²) in [6.07, 6.45) is 2.21. The van der Waals surface area contributed by atoms with E-state index in [9.17, 15) is 4.79 Å². The van der Waals surface area contributed by atoms with E-state index in [1.165, 1.54) is 5.56 Å². The highest BCUT2D eigenvalue weighted by Crippen LogP contribution is 2.32. The number of benzene rings is 2. The van der Waals surface area contributed by atoms with E-state index in [-0.39, 0.29) is 5.91 Å². The van der Waals surface area contributed by atoms with Crippen molar-refractivity contribution in [3.05, 3.63) is 60.2 Å². The molecule has 1 saturated heterocycles. The van der Waals surface area contributed by atoms with E-state index in [4.69, 9.17) is 4.74 Å². The van der Waals surface area contributed by atoms with Crippen LogP contribution in [0, 0.1) is 0 Å². The summed E-state index contributed by atoms with van der Waals surface area (Å²) in [7, 11) is 1.67. The van der Waals surface area contributed by atoms with E-state index in [1.54, 1.807) is 7.11 Å². The second kappa shape index (κ2) is 7.29. The fourth-order valence-corrected chi connectivity index (χ4v) is 3.13. The van der Waals surface area contributed by atoms with Gasteiger partial charge in [-0.2, -0.15) is 0 Å². The van der Waals surface area contributed by atoms with Crippen LogP contribution in [0.15, 0.2) is 54.6 Å². The molecule has 120 valence electrons. The first-order valence-corrected chi connectivity index (χ1v) is 7.99. The Kier molecular flexibility index (Phi) is 4.93. The number of nitrogens with zero attached hydrogens (tertiary/aromatic N) is 1. The van der Waals surface area contributed by atoms with Gasteiger partial charge in [0.05, 0.1) is 13.7 Å². The number of carbonyl (C=O) groups excluding carboxylic acids is 1. The molecule has 23 heavy (non-hydrogen) atoms. The molecule has 0 aliphatic carbocycles. The Labute approximate surface area is 137 Å². The van der Waals surface area contributed by atoms with E-state index < -0.39 is 0 Å². The van der Waals surface area contributed by atoms with Gasteiger partial charge in [0.2, 0.25) is 5.91 Å². The van der Waals surface area contributed by atoms with Crippen molar-refractivity contribution in [1.29, 1.82) is 0 Å². The minimum absolute atomic E-state index is 0.0385. The van der Waals surface area contributed by atoms with Crippen LogP contribution in [-0.4, -0.2) is 31.0 Å². The lowest BCUT2D eigenvalue weighted by molar-refractivity contribution is -0.117. The summed E-state index contributed by atoms with van der Waals surface area (Å²) in [4.78, 5) is 14.5. The lowest BCUT2D eigenvalue weighted by Gasteiger charge is -2.24. The topological polar surface area (TPSA) is 41.6 Å². The molecular formula is C19H22N2O2. The Morgan fingerprint density at radius 3 is 2.61 bits per heavy atom. The molecule has 0 aromatic heterocycles. The van der Waals surface area contributed by atoms with Crippen LogP contribution >= 0.6 is 0 Å². The molecule has 0 unspecified atom stereocenters. The van der Waals surface area contributed by atoms with Crippen LogP contribution in [0.5, 0.6) is 5.75 Å². The number of likely N-dealkylation sites (tertiary alicyclic amines) is 1. The predicted octanol–water partition coefficient (Wildman–Crippen LogP) is 3.47. The number of para-hydroxylation sites is 1. The highest BCUT2D eigenvalue weighted by molar-refractivity contribution is 5.92. The number of hydrogen-bond acceptors (Lipinski definition) is 3. The summed E-state index contributed by atoms with van der Waals surface area (Å²) >= 11 is 0. The van der Waals surface area contributed by atoms with Crippen LogP contribution in [0.4, 0.5) is 5.69 Å². The van der Waals surface area contributed by atoms with Crippen LogP contribution in [0.25, 0.3) is 0 Å². The zero-order chi connectivity index (χ0) is 16.1. The zero-order valence-electron chi connectivity index (χ0n) is 13.4. The standard InChI is InChI=1S/C19H22N2O2/c1-23-17-11-9-15(10-12-17)18-8-5-13-21(18)14-19(22)20-16-6-3-2-4-7-16/h2-4,6-7,9-12,18H,5,8,13-14H2,1H3,(H,20,22)/t18-/m0/s1. The normalized spacial score (nSPS) is 17.9. The van der Waals surface area contributed by atoms with Gasteiger partial charge in [-0.05, 0) is 49.2 Å². The predicted molar refractivity (Wildman–Crippen MR) is 91.6 cm³/mol. The third-order valence-electron chi connectivity index (χ3n) is 4.27. The van der Waals surface area contributed by atoms with Crippen molar-refractivity contribution in [2.24, 2.45) is 0 Å². The van der Waals surface area contributed by atoms with Gasteiger partial charge in [0.1, 0.15) is 5.75 Å². The van der Waals surface area contributed by atoms with E-state index in [2.05, 4.69) is 22.3 Å². The number of amides is 1. The van der Waals surface area contributed by atoms with Crippen molar-refractivity contribution < 1.29 is 9.53 Å². The van der Waals surface area contributed by atoms with Crippen LogP contribution in [0.3, 0.4) is 0 Å². The first kappa shape index (κ1) is 15.6. The number of carbonyl (C=O) groups is 1. The monoisotopic (exact) mass is 310 g/mol. The molecular weight excluding hydrogens is 288 g/mol. The van der Waals surface area contributed by atoms with Gasteiger partial charge in [-0.1, -0.05) is 30.3 Å². The summed E-state index contributed by atoms with van der Waals surface area (Å²) in [5, 5.41) is 2.96. The first-order chi connectivity index (χ1) is 11.3. The molecule has 0 radical (unpaired) electrons. The molecule has 1 atom stereocenters. The number of anilines is 1. The Morgan fingerprint density at radius 1 is 1.17 bits per heavy atom. The third-order valence-corrected chi connectivity index (χ3v) is 4.27. The van der Waals surface area contributed by atoms with Gasteiger partial charge in [0.25, 0.3) is 0 Å². The maximum absolute atomic E-state index is 12.3. The molecule has 3 rings (SSSR count). The molecule has 1 fully saturated rings. The average molecular weight is 310 g/mol. The van der Waals surface area contributed by atoms with Crippen LogP contribution < -0.4 is 10.1 Å². The number of methoxy groups -OCH3 is 1. The smallest absolute Gasteiger partial charge is 0.238 e. The molecule has 1 N–H and O–H groups in total. The number of ether oxygens (including phenoxy) is 1. The highest BCUT2D eigenvalue weighted by atomic mass is 16.5. The minimum Gasteiger partial charge on any atom is -0.497 e. The number of hydrogen-bond donors (Lipinski definition) is 1. The van der Waals surface area contributed by atoms with Gasteiger partial charge >= 0.3 is 0 Å². The van der Waals surface area contributed by atoms with Crippen LogP contribution in [-0.2, 0) is 4.79 Å². The molecule has 2 aromatic rings. The van der Waals surface area contributed by atoms with Crippen molar-refractivity contribution in [3.8, 4) is 5.75 Å². The Bertz CT molecular complexity index is 640. The van der Waals surface area contributed by atoms with Gasteiger partial charge in [0, 0.05) is 11.7 Å². The molecule has 1 aliphatic rings. The minimum atomic E-state index is 0.0385. The molecule has 1 heterocycles. The lowest BCUT2D eigenvalue weighted by atomic mass is 10.0. The van der Waals surface area contributed by atoms with Crippen LogP contribution in [0.1, 0.15) is 24.4 Å². The molecule has 0 saturated carbocycles. The van der Waals surface area contributed by atoms with Crippen molar-refractivity contribution in [3.63, 3.8) is 0 Å². The fraction of sp³-hybridized carbons (Fsp3) is 0.316. The summed E-state index contributed by atoms with van der Waals surface area (Å²) in [6.45, 7) is 1.38. The van der Waals surface area contributed by atoms with E-state index in [0.29, 0.717) is 12.6 Å². The summed E-state index contributed by atoms with van der Waals surface area (Å²) in [5.41, 5.74) is 2.09. The van der Waals surface area contributed by atoms with Crippen molar-refractivity contribution in [2.75, 3.05) is 25.5 Å². The van der Waals surface area contributed by atoms with Gasteiger partial charge < -0.3 is 10.1 Å². The molecule has 1 aliphatic heterocycles. The molecule has 4 nitrogen and oxygen atoms in total. The van der Waals surface area contributed by atoms with Crippen molar-refractivity contribution in [2.45, 2.75) is 18.9 Å². The molecule has 2 aromatic carbocycles. The Hall–Kier alpha value is -2.33. The summed E-state index contributed by atoms with van der Waals surface area (Å²) in [6, 6.07) is 18.1. The third kappa shape index (κ3) is 3.90. The maximum Gasteiger partial charge on any atom is 0.238 e. The fourth-order valence-electron chi connectivity index (χ4n) is 3.13. The zero-order valence-corrected chi connectivity index (χ0v) is 13.4. The lowest BCUT2D eigenvalue weighted by Crippen LogP contribution is -2.32. The second-order valence-corrected chi connectivity index (χ2v) is 5.82.